The van der Waals surface area contributed by atoms with E-state index in [0.717, 1.165) is 66.5 Å². The van der Waals surface area contributed by atoms with Crippen molar-refractivity contribution in [3.63, 3.8) is 0 Å². The number of fused-ring (bicyclic) bond motifs is 5. The van der Waals surface area contributed by atoms with Crippen LogP contribution in [0, 0.1) is 78.5 Å². The highest BCUT2D eigenvalue weighted by atomic mass is 19.2. The van der Waals surface area contributed by atoms with Gasteiger partial charge >= 0.3 is 11.4 Å². The second-order valence-corrected chi connectivity index (χ2v) is 25.2. The first kappa shape index (κ1) is 82.7. The standard InChI is InChI=1S/2C13H12F2N4O4.C13H12F2N4O3.C13H11F2N3O4.C11H11F2N7O4/c1-2-13(4-20)8(21)7(15)11(23-13)19-3-5(14)6-9(19)17-12(16)18-10(6)22;1-2-13(4-20)8(21)7(15)11(23-13)19-3-5(14)6-9(16)17-12(22)18-10(6)19;1-2-13(4-20)9(21)8(15)12(22-13)19-3-6(14)7-10(16)17-5-18-11(7)19;1-2-13(4-19)9(20)8(15)12(22-13)18-3-6(14)7-10(18)16-5-17-11(7)21;12-3-1-20(8-4(3)7(14)16-10(23)17-8)9-5(13)6(22)11(2-21,24-9)18-19-15/h2*1,3,7-8,11,20-21H,4H2,(H3,16,17,18,22);1,3,5,8-9,12,20-21H,4H2,(H2,16,17,18);1,3,5,8-9,12,19-20H,4H2,(H,16,17,21);1,5-6,9,21-22H,2H2,(H3,14,16,17,23). The van der Waals surface area contributed by atoms with Gasteiger partial charge < -0.3 is 103 Å². The minimum absolute atomic E-state index is 0.00406. The normalized spacial score (nSPS) is 30.8. The maximum atomic E-state index is 14.5. The number of hydrogen-bond donors (Lipinski definition) is 18. The second kappa shape index (κ2) is 31.0. The first-order chi connectivity index (χ1) is 53.9. The number of azide groups is 1. The molecule has 0 aliphatic carbocycles. The van der Waals surface area contributed by atoms with Crippen molar-refractivity contribution in [2.45, 2.75) is 121 Å². The van der Waals surface area contributed by atoms with Crippen LogP contribution in [0.25, 0.3) is 65.6 Å². The molecule has 114 heavy (non-hydrogen) atoms. The van der Waals surface area contributed by atoms with E-state index in [1.807, 2.05) is 23.7 Å². The zero-order valence-electron chi connectivity index (χ0n) is 57.0. The van der Waals surface area contributed by atoms with Crippen LogP contribution in [-0.4, -0.2) is 246 Å². The average molecular weight is 1620 g/mol. The van der Waals surface area contributed by atoms with E-state index in [-0.39, 0.29) is 73.2 Å². The van der Waals surface area contributed by atoms with Gasteiger partial charge in [-0.15, -0.1) is 25.7 Å². The van der Waals surface area contributed by atoms with Gasteiger partial charge in [0.15, 0.2) is 142 Å². The summed E-state index contributed by atoms with van der Waals surface area (Å²) in [6.07, 6.45) is -0.481. The summed E-state index contributed by atoms with van der Waals surface area (Å²) in [6.45, 7) is -4.33. The van der Waals surface area contributed by atoms with E-state index in [1.165, 1.54) is 0 Å². The lowest BCUT2D eigenvalue weighted by Gasteiger charge is -2.23. The molecule has 0 amide bonds. The largest absolute Gasteiger partial charge is 0.393 e. The van der Waals surface area contributed by atoms with Crippen LogP contribution in [0.1, 0.15) is 31.1 Å². The van der Waals surface area contributed by atoms with Crippen LogP contribution >= 0.6 is 0 Å². The Balaban J connectivity index is 0.000000141. The smallest absolute Gasteiger partial charge is 0.348 e. The van der Waals surface area contributed by atoms with Crippen LogP contribution < -0.4 is 45.4 Å². The highest BCUT2D eigenvalue weighted by Gasteiger charge is 2.60. The summed E-state index contributed by atoms with van der Waals surface area (Å²) in [5.74, 6) is 2.61. The number of aromatic amines is 4. The van der Waals surface area contributed by atoms with Crippen molar-refractivity contribution in [3.8, 4) is 49.4 Å². The first-order valence-corrected chi connectivity index (χ1v) is 32.1. The second-order valence-electron chi connectivity index (χ2n) is 25.2. The number of aliphatic hydroxyl groups is 10. The Labute approximate surface area is 624 Å². The number of halogens is 10. The van der Waals surface area contributed by atoms with Crippen molar-refractivity contribution in [3.05, 3.63) is 125 Å². The van der Waals surface area contributed by atoms with Gasteiger partial charge in [-0.2, -0.15) is 15.0 Å². The van der Waals surface area contributed by atoms with Crippen molar-refractivity contribution in [1.82, 2.24) is 72.7 Å². The maximum Gasteiger partial charge on any atom is 0.348 e. The van der Waals surface area contributed by atoms with Crippen molar-refractivity contribution in [2.24, 2.45) is 5.11 Å². The zero-order valence-corrected chi connectivity index (χ0v) is 57.0. The Morgan fingerprint density at radius 2 is 0.781 bits per heavy atom. The van der Waals surface area contributed by atoms with E-state index < -0.39 is 211 Å². The van der Waals surface area contributed by atoms with E-state index >= 15 is 0 Å². The molecule has 0 aromatic carbocycles. The predicted octanol–water partition coefficient (Wildman–Crippen LogP) is -3.05. The molecule has 5 fully saturated rings. The minimum atomic E-state index is -2.29. The monoisotopic (exact) mass is 1620 g/mol. The number of nitrogen functional groups attached to an aromatic ring is 4. The topological polar surface area (TPSA) is 635 Å². The Bertz CT molecular complexity index is 5840. The molecular formula is C63H58F10N22O19. The van der Waals surface area contributed by atoms with Crippen LogP contribution in [0.2, 0.25) is 0 Å². The highest BCUT2D eigenvalue weighted by molar-refractivity contribution is 5.88. The van der Waals surface area contributed by atoms with E-state index in [2.05, 4.69) is 59.9 Å². The SMILES string of the molecule is C#CC1(CO)OC(n2cc(F)c3c(=O)[nH]c(N)nc32)C(F)C1O.C#CC1(CO)OC(n2cc(F)c3c(=O)[nH]cnc32)C(F)C1O.C#CC1(CO)OC(n2cc(F)c3c(N)[nH]c(=O)nc32)C(F)C1O.C#CC1(CO)OC(n2cc(F)c3c(N)ncnc32)C(F)C1O.[N-]=[N+]=NC1(CO)OC(n2cc(F)c3c(N)[nH]c(=O)nc32)C(F)C1O. The molecule has 0 spiro atoms. The fourth-order valence-electron chi connectivity index (χ4n) is 12.9. The van der Waals surface area contributed by atoms with Crippen LogP contribution in [0.5, 0.6) is 0 Å². The zero-order chi connectivity index (χ0) is 83.7. The summed E-state index contributed by atoms with van der Waals surface area (Å²) in [7, 11) is 0. The number of hydrogen-bond acceptors (Lipinski definition) is 30. The van der Waals surface area contributed by atoms with E-state index in [9.17, 15) is 114 Å². The van der Waals surface area contributed by atoms with Gasteiger partial charge in [0.25, 0.3) is 11.1 Å². The van der Waals surface area contributed by atoms with Gasteiger partial charge in [-0.1, -0.05) is 28.8 Å². The minimum Gasteiger partial charge on any atom is -0.393 e. The number of ether oxygens (including phenoxy) is 5. The Hall–Kier alpha value is -12.2. The molecule has 5 aliphatic heterocycles. The van der Waals surface area contributed by atoms with Crippen molar-refractivity contribution >= 4 is 78.6 Å². The third kappa shape index (κ3) is 13.4. The Morgan fingerprint density at radius 1 is 0.456 bits per heavy atom. The Kier molecular flexibility index (Phi) is 22.5. The van der Waals surface area contributed by atoms with E-state index in [4.69, 9.17) is 77.8 Å². The number of aliphatic hydroxyl groups excluding tert-OH is 10. The molecule has 5 saturated heterocycles. The lowest BCUT2D eigenvalue weighted by Crippen LogP contribution is -2.44. The number of H-pyrrole nitrogens is 4. The van der Waals surface area contributed by atoms with Gasteiger partial charge in [0, 0.05) is 35.9 Å². The third-order valence-corrected chi connectivity index (χ3v) is 18.8. The maximum absolute atomic E-state index is 14.5. The molecule has 0 radical (unpaired) electrons. The lowest BCUT2D eigenvalue weighted by molar-refractivity contribution is -0.122. The summed E-state index contributed by atoms with van der Waals surface area (Å²) in [5, 5.41) is 97.7. The van der Waals surface area contributed by atoms with Gasteiger partial charge in [0.05, 0.1) is 55.5 Å². The van der Waals surface area contributed by atoms with Crippen LogP contribution in [0.3, 0.4) is 0 Å². The number of anilines is 4. The molecule has 5 aliphatic rings. The van der Waals surface area contributed by atoms with Gasteiger partial charge in [-0.3, -0.25) is 47.4 Å². The molecular weight excluding hydrogens is 1560 g/mol. The molecule has 15 heterocycles. The molecule has 41 nitrogen and oxygen atoms in total. The number of terminal acetylenes is 4. The predicted molar refractivity (Wildman–Crippen MR) is 365 cm³/mol. The molecule has 20 unspecified atom stereocenters. The summed E-state index contributed by atoms with van der Waals surface area (Å²) >= 11 is 0. The van der Waals surface area contributed by atoms with Gasteiger partial charge in [-0.05, 0) is 5.53 Å². The highest BCUT2D eigenvalue weighted by Crippen LogP contribution is 2.46. The van der Waals surface area contributed by atoms with Crippen LogP contribution in [0.15, 0.2) is 67.9 Å². The van der Waals surface area contributed by atoms with Crippen molar-refractivity contribution in [1.29, 1.82) is 0 Å². The number of alkyl halides is 5. The summed E-state index contributed by atoms with van der Waals surface area (Å²) in [4.78, 5) is 79.3. The summed E-state index contributed by atoms with van der Waals surface area (Å²) in [5.41, 5.74) is 16.1. The molecule has 0 bridgehead atoms. The van der Waals surface area contributed by atoms with Crippen molar-refractivity contribution in [2.75, 3.05) is 56.0 Å². The molecule has 10 aromatic rings. The first-order valence-electron chi connectivity index (χ1n) is 32.1. The number of nitrogens with one attached hydrogen (secondary N) is 4. The lowest BCUT2D eigenvalue weighted by atomic mass is 9.98. The van der Waals surface area contributed by atoms with Gasteiger partial charge in [0.1, 0.15) is 65.1 Å². The molecule has 10 aromatic heterocycles. The molecule has 15 rings (SSSR count). The van der Waals surface area contributed by atoms with Crippen LogP contribution in [0.4, 0.5) is 67.3 Å². The number of aromatic nitrogens is 15. The van der Waals surface area contributed by atoms with Crippen molar-refractivity contribution < 1.29 is 119 Å². The summed E-state index contributed by atoms with van der Waals surface area (Å²) < 4.78 is 173. The number of rotatable bonds is 11. The molecule has 604 valence electrons. The quantitative estimate of drug-likeness (QED) is 0.0201. The molecule has 51 heteroatoms. The number of nitrogens with zero attached hydrogens (tertiary/aromatic N) is 14. The Morgan fingerprint density at radius 3 is 1.13 bits per heavy atom. The average Bonchev–Trinajstić information content (AvgIpc) is 2.18. The molecule has 0 saturated carbocycles. The van der Waals surface area contributed by atoms with Crippen LogP contribution in [-0.2, 0) is 23.7 Å². The summed E-state index contributed by atoms with van der Waals surface area (Å²) in [6, 6.07) is 0. The van der Waals surface area contributed by atoms with Gasteiger partial charge in [0.2, 0.25) is 11.7 Å². The molecule has 22 N–H and O–H groups in total. The third-order valence-electron chi connectivity index (χ3n) is 18.8. The van der Waals surface area contributed by atoms with E-state index in [1.54, 1.807) is 0 Å². The fourth-order valence-corrected chi connectivity index (χ4v) is 12.9. The fraction of sp³-hybridized carbons (Fsp3) is 0.397. The molecule has 20 atom stereocenters. The van der Waals surface area contributed by atoms with Gasteiger partial charge in [-0.25, -0.2) is 68.4 Å². The van der Waals surface area contributed by atoms with E-state index in [0.29, 0.717) is 0 Å². The number of nitrogens with two attached hydrogens (primary N) is 4.